The highest BCUT2D eigenvalue weighted by Gasteiger charge is 2.42. The minimum absolute atomic E-state index is 0.0189. The molecule has 0 bridgehead atoms. The number of aromatic nitrogens is 1. The summed E-state index contributed by atoms with van der Waals surface area (Å²) in [7, 11) is 0. The molecule has 0 spiro atoms. The second-order valence-electron chi connectivity index (χ2n) is 8.15. The maximum Gasteiger partial charge on any atom is 0.312 e. The monoisotopic (exact) mass is 425 g/mol. The Morgan fingerprint density at radius 3 is 2.77 bits per heavy atom. The molecule has 2 aliphatic rings. The highest BCUT2D eigenvalue weighted by Crippen LogP contribution is 2.39. The van der Waals surface area contributed by atoms with Crippen molar-refractivity contribution < 1.29 is 9.53 Å². The summed E-state index contributed by atoms with van der Waals surface area (Å²) in [5.41, 5.74) is 3.68. The Kier molecular flexibility index (Phi) is 6.95. The Morgan fingerprint density at radius 1 is 1.20 bits per heavy atom. The van der Waals surface area contributed by atoms with Crippen LogP contribution in [0.25, 0.3) is 0 Å². The predicted molar refractivity (Wildman–Crippen MR) is 122 cm³/mol. The molecule has 1 aromatic heterocycles. The van der Waals surface area contributed by atoms with Gasteiger partial charge < -0.3 is 15.0 Å². The van der Waals surface area contributed by atoms with E-state index in [4.69, 9.17) is 4.74 Å². The van der Waals surface area contributed by atoms with Gasteiger partial charge in [-0.15, -0.1) is 11.8 Å². The van der Waals surface area contributed by atoms with E-state index in [9.17, 15) is 4.79 Å². The Labute approximate surface area is 183 Å². The third kappa shape index (κ3) is 4.81. The summed E-state index contributed by atoms with van der Waals surface area (Å²) in [5, 5.41) is 3.45. The minimum atomic E-state index is -0.373. The number of rotatable bonds is 7. The first-order chi connectivity index (χ1) is 14.7. The molecular formula is C24H31N3O2S. The van der Waals surface area contributed by atoms with Crippen LogP contribution in [0.4, 0.5) is 5.69 Å². The maximum atomic E-state index is 12.9. The Bertz CT molecular complexity index is 851. The fraction of sp³-hybridized carbons (Fsp3) is 0.500. The molecule has 0 radical (unpaired) electrons. The lowest BCUT2D eigenvalue weighted by Gasteiger charge is -2.41. The number of hydrogen-bond acceptors (Lipinski definition) is 6. The van der Waals surface area contributed by atoms with Crippen molar-refractivity contribution in [3.8, 4) is 0 Å². The summed E-state index contributed by atoms with van der Waals surface area (Å²) < 4.78 is 5.52. The van der Waals surface area contributed by atoms with E-state index in [2.05, 4.69) is 33.4 Å². The number of carbonyl (C=O) groups excluding carboxylic acids is 1. The maximum absolute atomic E-state index is 12.9. The quantitative estimate of drug-likeness (QED) is 0.533. The highest BCUT2D eigenvalue weighted by molar-refractivity contribution is 7.99. The van der Waals surface area contributed by atoms with Gasteiger partial charge in [0.2, 0.25) is 0 Å². The molecule has 0 aliphatic carbocycles. The number of fused-ring (bicyclic) bond motifs is 1. The van der Waals surface area contributed by atoms with E-state index in [0.29, 0.717) is 6.61 Å². The zero-order valence-electron chi connectivity index (χ0n) is 17.7. The van der Waals surface area contributed by atoms with Crippen molar-refractivity contribution in [1.29, 1.82) is 0 Å². The van der Waals surface area contributed by atoms with Crippen LogP contribution in [-0.2, 0) is 22.5 Å². The number of nitrogens with one attached hydrogen (secondary N) is 1. The molecule has 0 amide bonds. The van der Waals surface area contributed by atoms with Gasteiger partial charge in [-0.2, -0.15) is 0 Å². The van der Waals surface area contributed by atoms with Crippen molar-refractivity contribution >= 4 is 23.4 Å². The average molecular weight is 426 g/mol. The van der Waals surface area contributed by atoms with Crippen LogP contribution in [0.2, 0.25) is 0 Å². The fourth-order valence-corrected chi connectivity index (χ4v) is 5.62. The van der Waals surface area contributed by atoms with Gasteiger partial charge in [0.1, 0.15) is 0 Å². The van der Waals surface area contributed by atoms with E-state index >= 15 is 0 Å². The number of pyridine rings is 1. The lowest BCUT2D eigenvalue weighted by Crippen LogP contribution is -2.45. The summed E-state index contributed by atoms with van der Waals surface area (Å²) in [6.07, 6.45) is 7.29. The second-order valence-corrected chi connectivity index (χ2v) is 9.32. The summed E-state index contributed by atoms with van der Waals surface area (Å²) >= 11 is 1.86. The normalized spacial score (nSPS) is 18.0. The summed E-state index contributed by atoms with van der Waals surface area (Å²) in [5.74, 6) is 0.912. The Hall–Kier alpha value is -2.05. The van der Waals surface area contributed by atoms with Gasteiger partial charge in [-0.05, 0) is 80.3 Å². The van der Waals surface area contributed by atoms with Gasteiger partial charge in [0.25, 0.3) is 0 Å². The van der Waals surface area contributed by atoms with E-state index in [1.54, 1.807) is 0 Å². The molecule has 1 N–H and O–H groups in total. The molecule has 1 fully saturated rings. The van der Waals surface area contributed by atoms with E-state index in [1.807, 2.05) is 43.2 Å². The van der Waals surface area contributed by atoms with Gasteiger partial charge in [0.05, 0.1) is 12.0 Å². The largest absolute Gasteiger partial charge is 0.466 e. The van der Waals surface area contributed by atoms with Crippen molar-refractivity contribution in [2.75, 3.05) is 36.9 Å². The summed E-state index contributed by atoms with van der Waals surface area (Å²) in [6, 6.07) is 10.9. The molecule has 160 valence electrons. The van der Waals surface area contributed by atoms with Gasteiger partial charge in [-0.1, -0.05) is 6.07 Å². The zero-order valence-corrected chi connectivity index (χ0v) is 18.5. The SMILES string of the molecule is CCOC(=O)C1(CCSc2ccc3c(c2)CNCC3)CCN(c2ccncc2)CC1. The first-order valence-electron chi connectivity index (χ1n) is 11.0. The molecule has 6 heteroatoms. The molecule has 5 nitrogen and oxygen atoms in total. The van der Waals surface area contributed by atoms with Gasteiger partial charge in [-0.25, -0.2) is 0 Å². The van der Waals surface area contributed by atoms with Crippen LogP contribution in [0.15, 0.2) is 47.6 Å². The Balaban J connectivity index is 1.39. The predicted octanol–water partition coefficient (Wildman–Crippen LogP) is 4.06. The van der Waals surface area contributed by atoms with Crippen LogP contribution in [0.5, 0.6) is 0 Å². The van der Waals surface area contributed by atoms with Crippen molar-refractivity contribution in [1.82, 2.24) is 10.3 Å². The van der Waals surface area contributed by atoms with Crippen LogP contribution in [0.3, 0.4) is 0 Å². The number of esters is 1. The molecule has 1 saturated heterocycles. The minimum Gasteiger partial charge on any atom is -0.466 e. The van der Waals surface area contributed by atoms with Crippen LogP contribution >= 0.6 is 11.8 Å². The lowest BCUT2D eigenvalue weighted by molar-refractivity contribution is -0.157. The topological polar surface area (TPSA) is 54.5 Å². The molecule has 30 heavy (non-hydrogen) atoms. The van der Waals surface area contributed by atoms with Gasteiger partial charge in [0, 0.05) is 42.6 Å². The van der Waals surface area contributed by atoms with Crippen LogP contribution < -0.4 is 10.2 Å². The molecule has 0 unspecified atom stereocenters. The highest BCUT2D eigenvalue weighted by atomic mass is 32.2. The van der Waals surface area contributed by atoms with Gasteiger partial charge in [-0.3, -0.25) is 9.78 Å². The number of thioether (sulfide) groups is 1. The number of hydrogen-bond donors (Lipinski definition) is 1. The van der Waals surface area contributed by atoms with Crippen LogP contribution in [0.1, 0.15) is 37.3 Å². The summed E-state index contributed by atoms with van der Waals surface area (Å²) in [6.45, 7) is 6.11. The third-order valence-electron chi connectivity index (χ3n) is 6.37. The van der Waals surface area contributed by atoms with Crippen molar-refractivity contribution in [3.63, 3.8) is 0 Å². The first-order valence-corrected chi connectivity index (χ1v) is 12.0. The van der Waals surface area contributed by atoms with Crippen molar-refractivity contribution in [2.45, 2.75) is 44.0 Å². The number of nitrogens with zero attached hydrogens (tertiary/aromatic N) is 2. The molecular weight excluding hydrogens is 394 g/mol. The molecule has 0 saturated carbocycles. The van der Waals surface area contributed by atoms with Gasteiger partial charge >= 0.3 is 5.97 Å². The van der Waals surface area contributed by atoms with E-state index in [0.717, 1.165) is 57.6 Å². The second kappa shape index (κ2) is 9.84. The number of anilines is 1. The lowest BCUT2D eigenvalue weighted by atomic mass is 9.76. The molecule has 2 aromatic rings. The number of ether oxygens (including phenoxy) is 1. The number of piperidine rings is 1. The third-order valence-corrected chi connectivity index (χ3v) is 7.37. The molecule has 3 heterocycles. The smallest absolute Gasteiger partial charge is 0.312 e. The fourth-order valence-electron chi connectivity index (χ4n) is 4.50. The average Bonchev–Trinajstić information content (AvgIpc) is 2.80. The van der Waals surface area contributed by atoms with Crippen molar-refractivity contribution in [3.05, 3.63) is 53.9 Å². The van der Waals surface area contributed by atoms with Gasteiger partial charge in [0.15, 0.2) is 0 Å². The summed E-state index contributed by atoms with van der Waals surface area (Å²) in [4.78, 5) is 20.7. The van der Waals surface area contributed by atoms with E-state index < -0.39 is 0 Å². The standard InChI is InChI=1S/C24H31N3O2S/c1-2-29-23(28)24(8-14-27(15-9-24)21-6-12-25-13-7-21)10-16-30-22-4-3-19-5-11-26-18-20(19)17-22/h3-4,6-7,12-13,17,26H,2,5,8-11,14-16,18H2,1H3. The van der Waals surface area contributed by atoms with Crippen LogP contribution in [-0.4, -0.2) is 42.9 Å². The molecule has 1 aromatic carbocycles. The molecule has 4 rings (SSSR count). The zero-order chi connectivity index (χ0) is 20.8. The van der Waals surface area contributed by atoms with E-state index in [-0.39, 0.29) is 11.4 Å². The Morgan fingerprint density at radius 2 is 2.00 bits per heavy atom. The molecule has 2 aliphatic heterocycles. The van der Waals surface area contributed by atoms with E-state index in [1.165, 1.54) is 21.7 Å². The van der Waals surface area contributed by atoms with Crippen LogP contribution in [0, 0.1) is 5.41 Å². The molecule has 0 atom stereocenters. The first kappa shape index (κ1) is 21.2. The number of carbonyl (C=O) groups is 1. The number of benzene rings is 1. The van der Waals surface area contributed by atoms with Crippen molar-refractivity contribution in [2.24, 2.45) is 5.41 Å².